The molecule has 0 spiro atoms. The van der Waals surface area contributed by atoms with Crippen molar-refractivity contribution in [1.29, 1.82) is 0 Å². The van der Waals surface area contributed by atoms with Gasteiger partial charge in [0.15, 0.2) is 0 Å². The van der Waals surface area contributed by atoms with E-state index in [0.29, 0.717) is 0 Å². The molecule has 0 heterocycles. The van der Waals surface area contributed by atoms with Crippen molar-refractivity contribution in [1.82, 2.24) is 0 Å². The predicted octanol–water partition coefficient (Wildman–Crippen LogP) is -1.52. The van der Waals surface area contributed by atoms with E-state index in [4.69, 9.17) is 0 Å². The van der Waals surface area contributed by atoms with Gasteiger partial charge in [-0.2, -0.15) is 0 Å². The summed E-state index contributed by atoms with van der Waals surface area (Å²) in [6.45, 7) is 0. The Morgan fingerprint density at radius 3 is 0.222 bits per heavy atom. The molecule has 0 aliphatic heterocycles. The van der Waals surface area contributed by atoms with Crippen LogP contribution in [0.5, 0.6) is 0 Å². The SMILES string of the molecule is [Ge].[Ge].[Ge].[Ge].[Tb].[Tb].[Tb].[Tb].[Tb]. The predicted molar refractivity (Wildman–Crippen MR) is 23.0 cm³/mol. The first-order chi connectivity index (χ1) is 0. The van der Waals surface area contributed by atoms with Crippen LogP contribution in [0.15, 0.2) is 0 Å². The van der Waals surface area contributed by atoms with E-state index in [1.54, 1.807) is 0 Å². The second-order valence-electron chi connectivity index (χ2n) is 0. The Kier molecular flexibility index (Phi) is 398. The van der Waals surface area contributed by atoms with Crippen molar-refractivity contribution in [2.24, 2.45) is 0 Å². The van der Waals surface area contributed by atoms with Crippen molar-refractivity contribution < 1.29 is 193 Å². The molecule has 0 aromatic rings. The third kappa shape index (κ3) is 47.8. The van der Waals surface area contributed by atoms with Crippen molar-refractivity contribution in [3.05, 3.63) is 0 Å². The van der Waals surface area contributed by atoms with Gasteiger partial charge in [0, 0.05) is 263 Å². The molecule has 0 rings (SSSR count). The Balaban J connectivity index is 0. The summed E-state index contributed by atoms with van der Waals surface area (Å²) < 4.78 is 0. The van der Waals surface area contributed by atoms with Gasteiger partial charge in [-0.1, -0.05) is 0 Å². The van der Waals surface area contributed by atoms with Crippen molar-refractivity contribution in [3.8, 4) is 0 Å². The van der Waals surface area contributed by atoms with Gasteiger partial charge in [-0.05, 0) is 0 Å². The summed E-state index contributed by atoms with van der Waals surface area (Å²) in [5.74, 6) is 0. The van der Waals surface area contributed by atoms with E-state index in [-0.39, 0.29) is 263 Å². The summed E-state index contributed by atoms with van der Waals surface area (Å²) in [5, 5.41) is 0. The molecule has 0 fully saturated rings. The Bertz CT molecular complexity index is 8.92. The molecule has 0 atom stereocenters. The zero-order chi connectivity index (χ0) is 0. The van der Waals surface area contributed by atoms with Crippen molar-refractivity contribution in [2.75, 3.05) is 0 Å². The van der Waals surface area contributed by atoms with Crippen LogP contribution in [-0.2, 0) is 0 Å². The van der Waals surface area contributed by atoms with E-state index < -0.39 is 0 Å². The molecule has 9 heavy (non-hydrogen) atoms. The molecule has 0 saturated carbocycles. The van der Waals surface area contributed by atoms with Gasteiger partial charge in [0.1, 0.15) is 0 Å². The molecular formula is Ge4Tb5. The summed E-state index contributed by atoms with van der Waals surface area (Å²) in [5.41, 5.74) is 0. The Morgan fingerprint density at radius 2 is 0.222 bits per heavy atom. The summed E-state index contributed by atoms with van der Waals surface area (Å²) in [4.78, 5) is 0. The minimum atomic E-state index is 0. The van der Waals surface area contributed by atoms with E-state index >= 15 is 0 Å². The minimum Gasteiger partial charge on any atom is 0 e. The second-order valence-corrected chi connectivity index (χ2v) is 0. The fraction of sp³-hybridized carbons (Fsp3) is 0. The molecule has 0 aliphatic carbocycles. The van der Waals surface area contributed by atoms with Crippen LogP contribution in [-0.4, -0.2) is 70.4 Å². The quantitative estimate of drug-likeness (QED) is 0.259. The van der Waals surface area contributed by atoms with Gasteiger partial charge in [-0.15, -0.1) is 0 Å². The third-order valence-corrected chi connectivity index (χ3v) is 0. The van der Waals surface area contributed by atoms with Crippen LogP contribution in [0, 0.1) is 193 Å². The van der Waals surface area contributed by atoms with Gasteiger partial charge in [0.2, 0.25) is 0 Å². The normalized spacial score (nSPS) is 0. The second kappa shape index (κ2) is 54.6. The molecule has 0 bridgehead atoms. The topological polar surface area (TPSA) is 0 Å². The molecule has 61 valence electrons. The monoisotopic (exact) mass is 1090 g/mol. The molecular weight excluding hydrogens is 1090 g/mol. The van der Waals surface area contributed by atoms with E-state index in [2.05, 4.69) is 0 Å². The first-order valence-corrected chi connectivity index (χ1v) is 0. The summed E-state index contributed by atoms with van der Waals surface area (Å²) in [6.07, 6.45) is 0. The zero-order valence-corrected chi connectivity index (χ0v) is 22.8. The van der Waals surface area contributed by atoms with Gasteiger partial charge in [0.05, 0.1) is 0 Å². The molecule has 0 amide bonds. The first-order valence-electron chi connectivity index (χ1n) is 0. The molecule has 0 unspecified atom stereocenters. The fourth-order valence-electron chi connectivity index (χ4n) is 0. The van der Waals surface area contributed by atoms with Crippen molar-refractivity contribution in [2.45, 2.75) is 0 Å². The molecule has 0 aliphatic rings. The van der Waals surface area contributed by atoms with Crippen LogP contribution in [0.3, 0.4) is 0 Å². The van der Waals surface area contributed by atoms with Crippen LogP contribution < -0.4 is 0 Å². The van der Waals surface area contributed by atoms with Crippen LogP contribution in [0.2, 0.25) is 0 Å². The van der Waals surface area contributed by atoms with Crippen LogP contribution in [0.4, 0.5) is 0 Å². The van der Waals surface area contributed by atoms with Gasteiger partial charge in [0.25, 0.3) is 0 Å². The summed E-state index contributed by atoms with van der Waals surface area (Å²) in [7, 11) is 0. The number of hydrogen-bond acceptors (Lipinski definition) is 0. The van der Waals surface area contributed by atoms with E-state index in [1.165, 1.54) is 0 Å². The van der Waals surface area contributed by atoms with Gasteiger partial charge in [-0.3, -0.25) is 0 Å². The number of rotatable bonds is 0. The average Bonchev–Trinajstić information content (AvgIpc) is 0. The molecule has 21 radical (unpaired) electrons. The maximum atomic E-state index is 0. The van der Waals surface area contributed by atoms with E-state index in [9.17, 15) is 0 Å². The Morgan fingerprint density at radius 1 is 0.222 bits per heavy atom. The van der Waals surface area contributed by atoms with Gasteiger partial charge < -0.3 is 0 Å². The largest absolute Gasteiger partial charge is 0 e. The Hall–Kier alpha value is 8.60. The average molecular weight is 1090 g/mol. The van der Waals surface area contributed by atoms with Gasteiger partial charge >= 0.3 is 0 Å². The molecule has 9 heteroatoms. The Labute approximate surface area is 254 Å². The van der Waals surface area contributed by atoms with Gasteiger partial charge in [-0.25, -0.2) is 0 Å². The molecule has 0 aromatic heterocycles. The zero-order valence-electron chi connectivity index (χ0n) is 3.67. The smallest absolute Gasteiger partial charge is 0 e. The molecule has 0 saturated heterocycles. The molecule has 0 aromatic carbocycles. The van der Waals surface area contributed by atoms with Crippen LogP contribution in [0.25, 0.3) is 0 Å². The van der Waals surface area contributed by atoms with Crippen molar-refractivity contribution in [3.63, 3.8) is 0 Å². The van der Waals surface area contributed by atoms with Crippen molar-refractivity contribution >= 4 is 70.4 Å². The summed E-state index contributed by atoms with van der Waals surface area (Å²) in [6, 6.07) is 0. The van der Waals surface area contributed by atoms with E-state index in [0.717, 1.165) is 0 Å². The van der Waals surface area contributed by atoms with Crippen LogP contribution in [0.1, 0.15) is 0 Å². The third-order valence-electron chi connectivity index (χ3n) is 0. The fourth-order valence-corrected chi connectivity index (χ4v) is 0. The first kappa shape index (κ1) is 65.6. The van der Waals surface area contributed by atoms with Crippen LogP contribution >= 0.6 is 0 Å². The standard InChI is InChI=1S/4Ge.5Tb. The molecule has 0 N–H and O–H groups in total. The number of hydrogen-bond donors (Lipinski definition) is 0. The maximum Gasteiger partial charge on any atom is 0 e. The minimum absolute atomic E-state index is 0. The summed E-state index contributed by atoms with van der Waals surface area (Å²) >= 11 is 0. The maximum absolute atomic E-state index is 0. The molecule has 0 nitrogen and oxygen atoms in total. The van der Waals surface area contributed by atoms with E-state index in [1.807, 2.05) is 0 Å².